The summed E-state index contributed by atoms with van der Waals surface area (Å²) in [4.78, 5) is 17.6. The maximum atomic E-state index is 12.0. The van der Waals surface area contributed by atoms with E-state index in [4.69, 9.17) is 23.8 Å². The zero-order valence-electron chi connectivity index (χ0n) is 19.8. The molecule has 35 heavy (non-hydrogen) atoms. The number of methoxy groups -OCH3 is 1. The Balaban J connectivity index is 1.40. The van der Waals surface area contributed by atoms with Gasteiger partial charge in [0.1, 0.15) is 30.4 Å². The van der Waals surface area contributed by atoms with E-state index in [1.54, 1.807) is 12.2 Å². The van der Waals surface area contributed by atoms with Crippen LogP contribution >= 0.6 is 0 Å². The molecular formula is C27H30N2O6. The smallest absolute Gasteiger partial charge is 0.337 e. The second-order valence-electron chi connectivity index (χ2n) is 8.06. The van der Waals surface area contributed by atoms with E-state index in [0.717, 1.165) is 30.6 Å². The fraction of sp³-hybridized carbons (Fsp3) is 0.333. The zero-order valence-corrected chi connectivity index (χ0v) is 19.8. The molecule has 0 spiro atoms. The van der Waals surface area contributed by atoms with Crippen LogP contribution in [0.5, 0.6) is 11.5 Å². The summed E-state index contributed by atoms with van der Waals surface area (Å²) >= 11 is 0. The van der Waals surface area contributed by atoms with Crippen molar-refractivity contribution in [2.24, 2.45) is 5.16 Å². The van der Waals surface area contributed by atoms with Gasteiger partial charge in [0.05, 0.1) is 25.0 Å². The van der Waals surface area contributed by atoms with Gasteiger partial charge in [-0.25, -0.2) is 4.79 Å². The van der Waals surface area contributed by atoms with Crippen LogP contribution in [-0.4, -0.2) is 44.8 Å². The van der Waals surface area contributed by atoms with Gasteiger partial charge in [0.2, 0.25) is 6.29 Å². The molecule has 2 aromatic carbocycles. The van der Waals surface area contributed by atoms with Crippen molar-refractivity contribution in [2.45, 2.75) is 32.2 Å². The minimum atomic E-state index is -0.410. The van der Waals surface area contributed by atoms with Crippen LogP contribution in [0.25, 0.3) is 0 Å². The summed E-state index contributed by atoms with van der Waals surface area (Å²) < 4.78 is 22.3. The number of dihydropyridines is 1. The van der Waals surface area contributed by atoms with E-state index >= 15 is 0 Å². The Bertz CT molecular complexity index is 1060. The molecule has 8 nitrogen and oxygen atoms in total. The Labute approximate surface area is 205 Å². The highest BCUT2D eigenvalue weighted by molar-refractivity contribution is 6.03. The first-order chi connectivity index (χ1) is 17.2. The SMILES string of the molecule is COC(=O)C1=CCNC(/C(COc2ccc(OCc3ccccc3)cc2)=N/OC2CCCCO2)=C1. The number of oxime groups is 1. The predicted octanol–water partition coefficient (Wildman–Crippen LogP) is 4.13. The van der Waals surface area contributed by atoms with Crippen LogP contribution in [0.15, 0.2) is 83.2 Å². The number of carbonyl (C=O) groups is 1. The van der Waals surface area contributed by atoms with Gasteiger partial charge < -0.3 is 29.1 Å². The van der Waals surface area contributed by atoms with E-state index in [-0.39, 0.29) is 12.9 Å². The van der Waals surface area contributed by atoms with Crippen molar-refractivity contribution >= 4 is 11.7 Å². The summed E-state index contributed by atoms with van der Waals surface area (Å²) in [6, 6.07) is 17.4. The Morgan fingerprint density at radius 1 is 1.06 bits per heavy atom. The van der Waals surface area contributed by atoms with Crippen LogP contribution in [0, 0.1) is 0 Å². The first kappa shape index (κ1) is 24.3. The summed E-state index contributed by atoms with van der Waals surface area (Å²) in [5.41, 5.74) is 2.69. The maximum absolute atomic E-state index is 12.0. The van der Waals surface area contributed by atoms with E-state index in [2.05, 4.69) is 10.5 Å². The molecule has 1 atom stereocenters. The van der Waals surface area contributed by atoms with Crippen LogP contribution in [0.1, 0.15) is 24.8 Å². The molecule has 184 valence electrons. The molecule has 0 saturated carbocycles. The van der Waals surface area contributed by atoms with Gasteiger partial charge in [-0.2, -0.15) is 0 Å². The average Bonchev–Trinajstić information content (AvgIpc) is 2.93. The number of carbonyl (C=O) groups excluding carboxylic acids is 1. The van der Waals surface area contributed by atoms with Crippen LogP contribution in [0.3, 0.4) is 0 Å². The van der Waals surface area contributed by atoms with Crippen LogP contribution in [0.4, 0.5) is 0 Å². The molecule has 1 fully saturated rings. The number of rotatable bonds is 10. The molecule has 0 aliphatic carbocycles. The van der Waals surface area contributed by atoms with Crippen LogP contribution in [0.2, 0.25) is 0 Å². The minimum Gasteiger partial charge on any atom is -0.489 e. The fourth-order valence-corrected chi connectivity index (χ4v) is 3.58. The summed E-state index contributed by atoms with van der Waals surface area (Å²) in [6.45, 7) is 1.74. The minimum absolute atomic E-state index is 0.129. The number of hydrogen-bond donors (Lipinski definition) is 1. The van der Waals surface area contributed by atoms with E-state index < -0.39 is 5.97 Å². The zero-order chi connectivity index (χ0) is 24.3. The van der Waals surface area contributed by atoms with Gasteiger partial charge in [-0.3, -0.25) is 0 Å². The van der Waals surface area contributed by atoms with Gasteiger partial charge in [0.15, 0.2) is 0 Å². The van der Waals surface area contributed by atoms with Crippen LogP contribution in [-0.2, 0) is 25.7 Å². The van der Waals surface area contributed by atoms with Gasteiger partial charge in [0.25, 0.3) is 0 Å². The molecule has 0 amide bonds. The summed E-state index contributed by atoms with van der Waals surface area (Å²) in [6.07, 6.45) is 5.88. The summed E-state index contributed by atoms with van der Waals surface area (Å²) in [7, 11) is 1.35. The highest BCUT2D eigenvalue weighted by atomic mass is 16.8. The first-order valence-corrected chi connectivity index (χ1v) is 11.7. The molecule has 1 saturated heterocycles. The van der Waals surface area contributed by atoms with Crippen LogP contribution < -0.4 is 14.8 Å². The van der Waals surface area contributed by atoms with Crippen molar-refractivity contribution < 1.29 is 28.6 Å². The molecule has 2 aromatic rings. The molecule has 2 aliphatic heterocycles. The Hall–Kier alpha value is -3.78. The number of nitrogens with zero attached hydrogens (tertiary/aromatic N) is 1. The third-order valence-electron chi connectivity index (χ3n) is 5.51. The number of nitrogens with one attached hydrogen (secondary N) is 1. The lowest BCUT2D eigenvalue weighted by atomic mass is 10.1. The highest BCUT2D eigenvalue weighted by Crippen LogP contribution is 2.20. The van der Waals surface area contributed by atoms with Crippen molar-refractivity contribution in [3.63, 3.8) is 0 Å². The molecule has 1 unspecified atom stereocenters. The molecule has 2 heterocycles. The lowest BCUT2D eigenvalue weighted by molar-refractivity contribution is -0.162. The van der Waals surface area contributed by atoms with Gasteiger partial charge in [-0.1, -0.05) is 41.6 Å². The fourth-order valence-electron chi connectivity index (χ4n) is 3.58. The monoisotopic (exact) mass is 478 g/mol. The van der Waals surface area contributed by atoms with Crippen molar-refractivity contribution in [1.82, 2.24) is 5.32 Å². The van der Waals surface area contributed by atoms with Gasteiger partial charge in [-0.05, 0) is 48.7 Å². The lowest BCUT2D eigenvalue weighted by Gasteiger charge is -2.22. The summed E-state index contributed by atoms with van der Waals surface area (Å²) in [5, 5.41) is 7.54. The second-order valence-corrected chi connectivity index (χ2v) is 8.06. The van der Waals surface area contributed by atoms with Gasteiger partial charge in [-0.15, -0.1) is 0 Å². The number of hydrogen-bond acceptors (Lipinski definition) is 8. The molecular weight excluding hydrogens is 448 g/mol. The van der Waals surface area contributed by atoms with E-state index in [9.17, 15) is 4.79 Å². The largest absolute Gasteiger partial charge is 0.489 e. The molecule has 0 radical (unpaired) electrons. The molecule has 1 N–H and O–H groups in total. The van der Waals surface area contributed by atoms with E-state index in [0.29, 0.717) is 42.5 Å². The van der Waals surface area contributed by atoms with Crippen molar-refractivity contribution in [3.8, 4) is 11.5 Å². The van der Waals surface area contributed by atoms with Crippen molar-refractivity contribution in [1.29, 1.82) is 0 Å². The highest BCUT2D eigenvalue weighted by Gasteiger charge is 2.19. The average molecular weight is 479 g/mol. The Kier molecular flexibility index (Phi) is 8.78. The number of ether oxygens (including phenoxy) is 4. The van der Waals surface area contributed by atoms with Crippen molar-refractivity contribution in [3.05, 3.63) is 83.6 Å². The Morgan fingerprint density at radius 3 is 2.54 bits per heavy atom. The normalized spacial score (nSPS) is 18.0. The molecule has 4 rings (SSSR count). The first-order valence-electron chi connectivity index (χ1n) is 11.7. The molecule has 8 heteroatoms. The van der Waals surface area contributed by atoms with E-state index in [1.165, 1.54) is 7.11 Å². The third-order valence-corrected chi connectivity index (χ3v) is 5.51. The van der Waals surface area contributed by atoms with E-state index in [1.807, 2.05) is 54.6 Å². The van der Waals surface area contributed by atoms with Gasteiger partial charge >= 0.3 is 5.97 Å². The second kappa shape index (κ2) is 12.6. The molecule has 0 bridgehead atoms. The Morgan fingerprint density at radius 2 is 1.83 bits per heavy atom. The van der Waals surface area contributed by atoms with Gasteiger partial charge in [0, 0.05) is 13.0 Å². The molecule has 2 aliphatic rings. The number of benzene rings is 2. The number of esters is 1. The third kappa shape index (κ3) is 7.35. The predicted molar refractivity (Wildman–Crippen MR) is 131 cm³/mol. The summed E-state index contributed by atoms with van der Waals surface area (Å²) in [5.74, 6) is 0.989. The maximum Gasteiger partial charge on any atom is 0.337 e. The quantitative estimate of drug-likeness (QED) is 0.312. The van der Waals surface area contributed by atoms with Crippen molar-refractivity contribution in [2.75, 3.05) is 26.9 Å². The topological polar surface area (TPSA) is 87.6 Å². The molecule has 0 aromatic heterocycles. The standard InChI is InChI=1S/C27H30N2O6/c1-31-27(30)21-14-15-28-24(17-21)25(29-35-26-9-5-6-16-32-26)19-34-23-12-10-22(11-13-23)33-18-20-7-3-2-4-8-20/h2-4,7-8,10-14,17,26,28H,5-6,9,15-16,18-19H2,1H3/b29-25+. The lowest BCUT2D eigenvalue weighted by Crippen LogP contribution is -2.30.